The fourth-order valence-corrected chi connectivity index (χ4v) is 12.6. The summed E-state index contributed by atoms with van der Waals surface area (Å²) in [7, 11) is -3.70. The molecule has 8 heteroatoms. The fraction of sp³-hybridized carbons (Fsp3) is 0.571. The van der Waals surface area contributed by atoms with E-state index in [0.29, 0.717) is 23.7 Å². The lowest BCUT2D eigenvalue weighted by atomic mass is 9.62. The van der Waals surface area contributed by atoms with Crippen LogP contribution in [-0.4, -0.2) is 12.2 Å². The number of hydrogen-bond acceptors (Lipinski definition) is 6. The highest BCUT2D eigenvalue weighted by molar-refractivity contribution is 7.43. The third-order valence-corrected chi connectivity index (χ3v) is 19.1. The summed E-state index contributed by atoms with van der Waals surface area (Å²) in [6.07, 6.45) is 3.72. The van der Waals surface area contributed by atoms with Gasteiger partial charge in [-0.05, 0) is 285 Å². The van der Waals surface area contributed by atoms with Crippen LogP contribution in [0.4, 0.5) is 0 Å². The Kier molecular flexibility index (Phi) is 16.0. The molecular formula is C56H80O6P2. The van der Waals surface area contributed by atoms with Crippen LogP contribution in [0, 0.1) is 146 Å². The lowest BCUT2D eigenvalue weighted by Crippen LogP contribution is -2.46. The van der Waals surface area contributed by atoms with Crippen molar-refractivity contribution < 1.29 is 27.1 Å². The van der Waals surface area contributed by atoms with Gasteiger partial charge in [-0.3, -0.25) is 9.05 Å². The highest BCUT2D eigenvalue weighted by atomic mass is 31.2. The summed E-state index contributed by atoms with van der Waals surface area (Å²) in [5.74, 6) is 5.74. The molecular weight excluding hydrogens is 831 g/mol. The van der Waals surface area contributed by atoms with Gasteiger partial charge in [0.25, 0.3) is 0 Å². The zero-order valence-electron chi connectivity index (χ0n) is 43.1. The van der Waals surface area contributed by atoms with Crippen molar-refractivity contribution in [3.63, 3.8) is 0 Å². The summed E-state index contributed by atoms with van der Waals surface area (Å²) < 4.78 is 43.0. The van der Waals surface area contributed by atoms with Crippen LogP contribution in [-0.2, 0) is 9.05 Å². The van der Waals surface area contributed by atoms with Crippen molar-refractivity contribution in [1.82, 2.24) is 0 Å². The highest BCUT2D eigenvalue weighted by Crippen LogP contribution is 2.56. The first-order chi connectivity index (χ1) is 30.0. The predicted octanol–water partition coefficient (Wildman–Crippen LogP) is 16.8. The topological polar surface area (TPSA) is 55.4 Å². The summed E-state index contributed by atoms with van der Waals surface area (Å²) >= 11 is 0. The van der Waals surface area contributed by atoms with Crippen LogP contribution in [0.5, 0.6) is 23.0 Å². The van der Waals surface area contributed by atoms with Gasteiger partial charge in [0, 0.05) is 0 Å². The standard InChI is InChI=1S/C56H80O6P2/c1-29-21-49(55(23-31(29)3)61-63(57-51-25-33(5)37(9)41(13)45(51)17)58-52-26-34(6)38(10)42(14)46(52)18)50-22-30(2)32(4)24-56(50)62-64(59-53-27-35(7)39(11)43(15)47(53)19)60-54-28-36(8)40(12)44(16)48(54)20/h25-32,49-50,55-56H,21-24H2,1-20H3. The van der Waals surface area contributed by atoms with Crippen LogP contribution in [0.25, 0.3) is 0 Å². The fourth-order valence-electron chi connectivity index (χ4n) is 10.1. The summed E-state index contributed by atoms with van der Waals surface area (Å²) in [5, 5.41) is 0. The Morgan fingerprint density at radius 1 is 0.312 bits per heavy atom. The summed E-state index contributed by atoms with van der Waals surface area (Å²) in [6.45, 7) is 44.4. The van der Waals surface area contributed by atoms with Gasteiger partial charge in [-0.15, -0.1) is 0 Å². The van der Waals surface area contributed by atoms with Crippen molar-refractivity contribution in [3.8, 4) is 23.0 Å². The quantitative estimate of drug-likeness (QED) is 0.125. The van der Waals surface area contributed by atoms with Crippen molar-refractivity contribution in [3.05, 3.63) is 113 Å². The number of benzene rings is 4. The highest BCUT2D eigenvalue weighted by Gasteiger charge is 2.48. The van der Waals surface area contributed by atoms with Crippen molar-refractivity contribution in [2.24, 2.45) is 35.5 Å². The number of aryl methyl sites for hydroxylation is 4. The van der Waals surface area contributed by atoms with E-state index in [-0.39, 0.29) is 24.0 Å². The van der Waals surface area contributed by atoms with Crippen molar-refractivity contribution in [2.75, 3.05) is 0 Å². The van der Waals surface area contributed by atoms with Gasteiger partial charge in [-0.1, -0.05) is 27.7 Å². The molecule has 350 valence electrons. The summed E-state index contributed by atoms with van der Waals surface area (Å²) in [6, 6.07) is 8.65. The van der Waals surface area contributed by atoms with E-state index in [9.17, 15) is 0 Å². The maximum absolute atomic E-state index is 7.43. The molecule has 0 spiro atoms. The Morgan fingerprint density at radius 2 is 0.531 bits per heavy atom. The first-order valence-corrected chi connectivity index (χ1v) is 26.1. The SMILES string of the molecule is Cc1cc(OP(Oc2cc(C)c(C)c(C)c2C)OC2CC(C)C(C)CC2C2CC(C)C(C)CC2OP(Oc2cc(C)c(C)c(C)c2C)Oc2cc(C)c(C)c(C)c2C)c(C)c(C)c1C. The van der Waals surface area contributed by atoms with Gasteiger partial charge in [0.1, 0.15) is 23.0 Å². The van der Waals surface area contributed by atoms with Gasteiger partial charge in [0.05, 0.1) is 12.2 Å². The molecule has 0 heterocycles. The predicted molar refractivity (Wildman–Crippen MR) is 270 cm³/mol. The van der Waals surface area contributed by atoms with Crippen LogP contribution in [0.15, 0.2) is 24.3 Å². The molecule has 8 unspecified atom stereocenters. The van der Waals surface area contributed by atoms with Crippen LogP contribution in [0.2, 0.25) is 0 Å². The second-order valence-electron chi connectivity index (χ2n) is 20.5. The van der Waals surface area contributed by atoms with E-state index in [2.05, 4.69) is 163 Å². The lowest BCUT2D eigenvalue weighted by molar-refractivity contribution is -0.0587. The average molecular weight is 911 g/mol. The molecule has 0 bridgehead atoms. The molecule has 0 aliphatic heterocycles. The van der Waals surface area contributed by atoms with E-state index in [1.54, 1.807) is 0 Å². The molecule has 2 saturated carbocycles. The molecule has 4 aromatic rings. The van der Waals surface area contributed by atoms with E-state index in [1.807, 2.05) is 0 Å². The van der Waals surface area contributed by atoms with Crippen LogP contribution < -0.4 is 18.1 Å². The Hall–Kier alpha value is -3.14. The second kappa shape index (κ2) is 20.4. The van der Waals surface area contributed by atoms with E-state index < -0.39 is 17.2 Å². The van der Waals surface area contributed by atoms with E-state index >= 15 is 0 Å². The molecule has 2 fully saturated rings. The monoisotopic (exact) mass is 911 g/mol. The Bertz CT molecular complexity index is 2060. The zero-order chi connectivity index (χ0) is 47.2. The first kappa shape index (κ1) is 50.3. The van der Waals surface area contributed by atoms with E-state index in [0.717, 1.165) is 70.9 Å². The van der Waals surface area contributed by atoms with E-state index in [1.165, 1.54) is 66.8 Å². The van der Waals surface area contributed by atoms with Gasteiger partial charge in [0.15, 0.2) is 0 Å². The molecule has 0 amide bonds. The van der Waals surface area contributed by atoms with Gasteiger partial charge in [-0.25, -0.2) is 0 Å². The third-order valence-electron chi connectivity index (χ3n) is 16.8. The second-order valence-corrected chi connectivity index (χ2v) is 22.6. The molecule has 2 aliphatic carbocycles. The molecule has 4 aromatic carbocycles. The maximum Gasteiger partial charge on any atom is 0.463 e. The van der Waals surface area contributed by atoms with Gasteiger partial charge in [0.2, 0.25) is 0 Å². The average Bonchev–Trinajstić information content (AvgIpc) is 3.24. The molecule has 0 aromatic heterocycles. The van der Waals surface area contributed by atoms with Gasteiger partial charge in [-0.2, -0.15) is 0 Å². The molecule has 6 rings (SSSR count). The van der Waals surface area contributed by atoms with Crippen molar-refractivity contribution in [2.45, 2.75) is 176 Å². The van der Waals surface area contributed by atoms with Crippen LogP contribution >= 0.6 is 17.2 Å². The van der Waals surface area contributed by atoms with Crippen LogP contribution in [0.3, 0.4) is 0 Å². The smallest absolute Gasteiger partial charge is 0.417 e. The largest absolute Gasteiger partial charge is 0.463 e. The Balaban J connectivity index is 1.41. The molecule has 0 N–H and O–H groups in total. The maximum atomic E-state index is 7.43. The number of rotatable bonds is 13. The molecule has 6 nitrogen and oxygen atoms in total. The minimum absolute atomic E-state index is 0.0998. The normalized spacial score (nSPS) is 23.8. The van der Waals surface area contributed by atoms with Crippen molar-refractivity contribution >= 4 is 17.2 Å². The van der Waals surface area contributed by atoms with Crippen LogP contribution in [0.1, 0.15) is 142 Å². The molecule has 8 atom stereocenters. The molecule has 0 saturated heterocycles. The Labute approximate surface area is 390 Å². The summed E-state index contributed by atoms with van der Waals surface area (Å²) in [5.41, 5.74) is 19.4. The van der Waals surface area contributed by atoms with E-state index in [4.69, 9.17) is 27.1 Å². The first-order valence-electron chi connectivity index (χ1n) is 23.9. The van der Waals surface area contributed by atoms with Crippen molar-refractivity contribution in [1.29, 1.82) is 0 Å². The Morgan fingerprint density at radius 3 is 0.766 bits per heavy atom. The summed E-state index contributed by atoms with van der Waals surface area (Å²) in [4.78, 5) is 0. The third kappa shape index (κ3) is 10.5. The van der Waals surface area contributed by atoms with Gasteiger partial charge < -0.3 is 18.1 Å². The number of hydrogen-bond donors (Lipinski definition) is 0. The lowest BCUT2D eigenvalue weighted by Gasteiger charge is -2.48. The molecule has 64 heavy (non-hydrogen) atoms. The minimum Gasteiger partial charge on any atom is -0.417 e. The zero-order valence-corrected chi connectivity index (χ0v) is 44.9. The van der Waals surface area contributed by atoms with Gasteiger partial charge >= 0.3 is 17.2 Å². The molecule has 2 aliphatic rings. The molecule has 0 radical (unpaired) electrons. The minimum atomic E-state index is -1.85.